The average Bonchev–Trinajstić information content (AvgIpc) is 2.68. The summed E-state index contributed by atoms with van der Waals surface area (Å²) in [5, 5.41) is 9.34. The molecule has 0 saturated carbocycles. The van der Waals surface area contributed by atoms with E-state index in [1.54, 1.807) is 18.2 Å². The SMILES string of the molecule is O=C(O)CN(CC(F)(F)F)C1CCc2cc(Cl)ccc21. The lowest BCUT2D eigenvalue weighted by atomic mass is 10.1. The Morgan fingerprint density at radius 2 is 2.15 bits per heavy atom. The Morgan fingerprint density at radius 1 is 1.45 bits per heavy atom. The summed E-state index contributed by atoms with van der Waals surface area (Å²) in [7, 11) is 0. The van der Waals surface area contributed by atoms with Gasteiger partial charge >= 0.3 is 12.1 Å². The van der Waals surface area contributed by atoms with Crippen LogP contribution in [0.1, 0.15) is 23.6 Å². The zero-order valence-corrected chi connectivity index (χ0v) is 11.2. The number of nitrogens with zero attached hydrogens (tertiary/aromatic N) is 1. The molecule has 1 aliphatic rings. The van der Waals surface area contributed by atoms with Crippen molar-refractivity contribution in [1.82, 2.24) is 4.90 Å². The number of hydrogen-bond donors (Lipinski definition) is 1. The number of alkyl halides is 3. The molecule has 3 nitrogen and oxygen atoms in total. The number of aryl methyl sites for hydroxylation is 1. The minimum Gasteiger partial charge on any atom is -0.480 e. The van der Waals surface area contributed by atoms with E-state index in [4.69, 9.17) is 16.7 Å². The van der Waals surface area contributed by atoms with Gasteiger partial charge in [-0.3, -0.25) is 9.69 Å². The third-order valence-corrected chi connectivity index (χ3v) is 3.55. The fourth-order valence-corrected chi connectivity index (χ4v) is 2.82. The number of carboxylic acid groups (broad SMARTS) is 1. The molecule has 0 amide bonds. The van der Waals surface area contributed by atoms with Gasteiger partial charge in [0.2, 0.25) is 0 Å². The predicted molar refractivity (Wildman–Crippen MR) is 67.8 cm³/mol. The van der Waals surface area contributed by atoms with Crippen LogP contribution in [0, 0.1) is 0 Å². The minimum absolute atomic E-state index is 0.471. The largest absolute Gasteiger partial charge is 0.480 e. The summed E-state index contributed by atoms with van der Waals surface area (Å²) in [5.74, 6) is -1.27. The zero-order chi connectivity index (χ0) is 14.9. The first kappa shape index (κ1) is 15.1. The lowest BCUT2D eigenvalue weighted by molar-refractivity contribution is -0.158. The van der Waals surface area contributed by atoms with Crippen molar-refractivity contribution in [3.8, 4) is 0 Å². The lowest BCUT2D eigenvalue weighted by Crippen LogP contribution is -2.39. The Labute approximate surface area is 118 Å². The van der Waals surface area contributed by atoms with E-state index in [1.807, 2.05) is 0 Å². The molecule has 2 rings (SSSR count). The summed E-state index contributed by atoms with van der Waals surface area (Å²) >= 11 is 5.85. The smallest absolute Gasteiger partial charge is 0.401 e. The van der Waals surface area contributed by atoms with Gasteiger partial charge in [0, 0.05) is 11.1 Å². The number of aliphatic carboxylic acids is 1. The second-order valence-corrected chi connectivity index (χ2v) is 5.25. The molecule has 0 saturated heterocycles. The van der Waals surface area contributed by atoms with Gasteiger partial charge in [0.15, 0.2) is 0 Å². The molecule has 0 aromatic heterocycles. The molecule has 1 aliphatic carbocycles. The molecule has 1 unspecified atom stereocenters. The third kappa shape index (κ3) is 3.64. The number of carboxylic acids is 1. The molecule has 0 fully saturated rings. The summed E-state index contributed by atoms with van der Waals surface area (Å²) < 4.78 is 37.8. The van der Waals surface area contributed by atoms with Gasteiger partial charge in [-0.2, -0.15) is 13.2 Å². The molecule has 0 aliphatic heterocycles. The number of fused-ring (bicyclic) bond motifs is 1. The molecule has 20 heavy (non-hydrogen) atoms. The summed E-state index contributed by atoms with van der Waals surface area (Å²) in [5.41, 5.74) is 1.62. The number of carbonyl (C=O) groups is 1. The van der Waals surface area contributed by atoms with Crippen molar-refractivity contribution < 1.29 is 23.1 Å². The number of halogens is 4. The molecule has 110 valence electrons. The van der Waals surface area contributed by atoms with Crippen molar-refractivity contribution >= 4 is 17.6 Å². The second kappa shape index (κ2) is 5.61. The van der Waals surface area contributed by atoms with E-state index in [-0.39, 0.29) is 0 Å². The molecule has 0 bridgehead atoms. The van der Waals surface area contributed by atoms with Crippen molar-refractivity contribution in [3.05, 3.63) is 34.3 Å². The number of rotatable bonds is 4. The molecule has 0 radical (unpaired) electrons. The maximum atomic E-state index is 12.6. The van der Waals surface area contributed by atoms with Gasteiger partial charge in [-0.15, -0.1) is 0 Å². The first-order valence-electron chi connectivity index (χ1n) is 6.07. The van der Waals surface area contributed by atoms with Crippen LogP contribution in [-0.4, -0.2) is 35.2 Å². The molecule has 0 spiro atoms. The van der Waals surface area contributed by atoms with Crippen molar-refractivity contribution in [2.75, 3.05) is 13.1 Å². The topological polar surface area (TPSA) is 40.5 Å². The highest BCUT2D eigenvalue weighted by atomic mass is 35.5. The maximum absolute atomic E-state index is 12.6. The van der Waals surface area contributed by atoms with Gasteiger partial charge in [-0.1, -0.05) is 17.7 Å². The second-order valence-electron chi connectivity index (χ2n) is 4.81. The van der Waals surface area contributed by atoms with Gasteiger partial charge in [-0.05, 0) is 36.1 Å². The summed E-state index contributed by atoms with van der Waals surface area (Å²) in [6, 6.07) is 4.50. The quantitative estimate of drug-likeness (QED) is 0.928. The van der Waals surface area contributed by atoms with E-state index < -0.39 is 31.3 Å². The highest BCUT2D eigenvalue weighted by Gasteiger charge is 2.37. The van der Waals surface area contributed by atoms with Gasteiger partial charge < -0.3 is 5.11 Å². The molecule has 1 atom stereocenters. The third-order valence-electron chi connectivity index (χ3n) is 3.31. The Hall–Kier alpha value is -1.27. The van der Waals surface area contributed by atoms with E-state index in [9.17, 15) is 18.0 Å². The highest BCUT2D eigenvalue weighted by molar-refractivity contribution is 6.30. The molecule has 1 N–H and O–H groups in total. The number of hydrogen-bond acceptors (Lipinski definition) is 2. The van der Waals surface area contributed by atoms with Crippen LogP contribution in [0.25, 0.3) is 0 Å². The van der Waals surface area contributed by atoms with Crippen LogP contribution < -0.4 is 0 Å². The van der Waals surface area contributed by atoms with Crippen molar-refractivity contribution in [3.63, 3.8) is 0 Å². The molecule has 7 heteroatoms. The molecule has 0 heterocycles. The summed E-state index contributed by atoms with van der Waals surface area (Å²) in [6.45, 7) is -1.86. The van der Waals surface area contributed by atoms with Gasteiger partial charge in [0.1, 0.15) is 0 Å². The maximum Gasteiger partial charge on any atom is 0.401 e. The van der Waals surface area contributed by atoms with Crippen LogP contribution in [0.15, 0.2) is 18.2 Å². The fraction of sp³-hybridized carbons (Fsp3) is 0.462. The van der Waals surface area contributed by atoms with Crippen LogP contribution in [0.2, 0.25) is 5.02 Å². The van der Waals surface area contributed by atoms with Crippen molar-refractivity contribution in [2.24, 2.45) is 0 Å². The van der Waals surface area contributed by atoms with Crippen molar-refractivity contribution in [1.29, 1.82) is 0 Å². The van der Waals surface area contributed by atoms with E-state index in [1.165, 1.54) is 0 Å². The number of benzene rings is 1. The van der Waals surface area contributed by atoms with Crippen LogP contribution in [0.5, 0.6) is 0 Å². The Morgan fingerprint density at radius 3 is 2.75 bits per heavy atom. The van der Waals surface area contributed by atoms with Crippen LogP contribution in [0.4, 0.5) is 13.2 Å². The van der Waals surface area contributed by atoms with Gasteiger partial charge in [0.25, 0.3) is 0 Å². The van der Waals surface area contributed by atoms with E-state index in [0.717, 1.165) is 16.0 Å². The molecule has 1 aromatic rings. The minimum atomic E-state index is -4.43. The first-order valence-corrected chi connectivity index (χ1v) is 6.45. The fourth-order valence-electron chi connectivity index (χ4n) is 2.62. The normalized spacial score (nSPS) is 18.4. The Kier molecular flexibility index (Phi) is 4.25. The Bertz CT molecular complexity index is 519. The average molecular weight is 308 g/mol. The highest BCUT2D eigenvalue weighted by Crippen LogP contribution is 2.38. The Balaban J connectivity index is 2.25. The molecular formula is C13H13ClF3NO2. The lowest BCUT2D eigenvalue weighted by Gasteiger charge is -2.28. The summed E-state index contributed by atoms with van der Waals surface area (Å²) in [4.78, 5) is 11.7. The van der Waals surface area contributed by atoms with Crippen LogP contribution in [0.3, 0.4) is 0 Å². The van der Waals surface area contributed by atoms with Crippen molar-refractivity contribution in [2.45, 2.75) is 25.1 Å². The monoisotopic (exact) mass is 307 g/mol. The van der Waals surface area contributed by atoms with E-state index >= 15 is 0 Å². The zero-order valence-electron chi connectivity index (χ0n) is 10.5. The standard InChI is InChI=1S/C13H13ClF3NO2/c14-9-2-3-10-8(5-9)1-4-11(10)18(6-12(19)20)7-13(15,16)17/h2-3,5,11H,1,4,6-7H2,(H,19,20). The first-order chi connectivity index (χ1) is 9.26. The van der Waals surface area contributed by atoms with Gasteiger partial charge in [-0.25, -0.2) is 0 Å². The van der Waals surface area contributed by atoms with E-state index in [2.05, 4.69) is 0 Å². The van der Waals surface area contributed by atoms with Gasteiger partial charge in [0.05, 0.1) is 13.1 Å². The molecule has 1 aromatic carbocycles. The molecular weight excluding hydrogens is 295 g/mol. The van der Waals surface area contributed by atoms with Crippen LogP contribution in [-0.2, 0) is 11.2 Å². The van der Waals surface area contributed by atoms with Crippen LogP contribution >= 0.6 is 11.6 Å². The van der Waals surface area contributed by atoms with E-state index in [0.29, 0.717) is 17.9 Å². The summed E-state index contributed by atoms with van der Waals surface area (Å²) in [6.07, 6.45) is -3.35. The predicted octanol–water partition coefficient (Wildman–Crippen LogP) is 3.28.